The van der Waals surface area contributed by atoms with E-state index in [0.717, 1.165) is 43.2 Å². The third kappa shape index (κ3) is 6.37. The van der Waals surface area contributed by atoms with E-state index < -0.39 is 0 Å². The number of rotatable bonds is 7. The van der Waals surface area contributed by atoms with Crippen molar-refractivity contribution in [3.63, 3.8) is 0 Å². The molecule has 0 aromatic carbocycles. The topological polar surface area (TPSA) is 45.6 Å². The Bertz CT molecular complexity index is 368. The largest absolute Gasteiger partial charge is 0.382 e. The summed E-state index contributed by atoms with van der Waals surface area (Å²) in [6, 6.07) is 2.11. The van der Waals surface area contributed by atoms with Crippen molar-refractivity contribution in [1.82, 2.24) is 10.6 Å². The van der Waals surface area contributed by atoms with Gasteiger partial charge in [-0.15, -0.1) is 11.3 Å². The highest BCUT2D eigenvalue weighted by Crippen LogP contribution is 2.19. The van der Waals surface area contributed by atoms with Crippen molar-refractivity contribution in [3.8, 4) is 0 Å². The molecule has 102 valence electrons. The molecule has 0 radical (unpaired) electrons. The molecule has 0 saturated heterocycles. The number of halogens is 1. The fourth-order valence-corrected chi connectivity index (χ4v) is 2.75. The van der Waals surface area contributed by atoms with Crippen molar-refractivity contribution < 1.29 is 4.74 Å². The highest BCUT2D eigenvalue weighted by molar-refractivity contribution is 9.10. The third-order valence-corrected chi connectivity index (χ3v) is 3.94. The Morgan fingerprint density at radius 1 is 1.50 bits per heavy atom. The number of thiophene rings is 1. The smallest absolute Gasteiger partial charge is 0.191 e. The zero-order chi connectivity index (χ0) is 13.2. The molecule has 0 unspecified atom stereocenters. The highest BCUT2D eigenvalue weighted by atomic mass is 79.9. The van der Waals surface area contributed by atoms with E-state index in [-0.39, 0.29) is 0 Å². The van der Waals surface area contributed by atoms with Gasteiger partial charge < -0.3 is 15.4 Å². The summed E-state index contributed by atoms with van der Waals surface area (Å²) in [7, 11) is 1.78. The predicted octanol–water partition coefficient (Wildman–Crippen LogP) is 2.60. The molecular weight excluding hydrogens is 314 g/mol. The van der Waals surface area contributed by atoms with Crippen molar-refractivity contribution in [1.29, 1.82) is 0 Å². The van der Waals surface area contributed by atoms with Gasteiger partial charge in [-0.05, 0) is 35.3 Å². The Morgan fingerprint density at radius 3 is 2.94 bits per heavy atom. The molecule has 1 aromatic rings. The first-order chi connectivity index (χ1) is 8.76. The van der Waals surface area contributed by atoms with Crippen LogP contribution >= 0.6 is 27.3 Å². The molecule has 1 heterocycles. The summed E-state index contributed by atoms with van der Waals surface area (Å²) in [6.07, 6.45) is 0.985. The number of hydrogen-bond acceptors (Lipinski definition) is 3. The fraction of sp³-hybridized carbons (Fsp3) is 0.583. The minimum Gasteiger partial charge on any atom is -0.382 e. The van der Waals surface area contributed by atoms with Gasteiger partial charge in [0.25, 0.3) is 0 Å². The van der Waals surface area contributed by atoms with E-state index >= 15 is 0 Å². The quantitative estimate of drug-likeness (QED) is 0.458. The summed E-state index contributed by atoms with van der Waals surface area (Å²) >= 11 is 5.17. The molecule has 0 aliphatic rings. The third-order valence-electron chi connectivity index (χ3n) is 2.24. The molecule has 2 N–H and O–H groups in total. The number of nitrogens with zero attached hydrogens (tertiary/aromatic N) is 1. The molecule has 1 aromatic heterocycles. The van der Waals surface area contributed by atoms with E-state index in [4.69, 9.17) is 4.74 Å². The minimum atomic E-state index is 0.778. The maximum absolute atomic E-state index is 5.28. The Kier molecular flexibility index (Phi) is 8.04. The SMILES string of the molecule is CCOCCCNC(=NC)NCc1cc(Br)cs1. The van der Waals surface area contributed by atoms with Crippen molar-refractivity contribution in [2.45, 2.75) is 19.9 Å². The Labute approximate surface area is 121 Å². The van der Waals surface area contributed by atoms with Crippen LogP contribution in [0, 0.1) is 0 Å². The second-order valence-corrected chi connectivity index (χ2v) is 5.55. The molecule has 0 saturated carbocycles. The van der Waals surface area contributed by atoms with Crippen LogP contribution < -0.4 is 10.6 Å². The lowest BCUT2D eigenvalue weighted by molar-refractivity contribution is 0.145. The second-order valence-electron chi connectivity index (χ2n) is 3.63. The Morgan fingerprint density at radius 2 is 2.33 bits per heavy atom. The van der Waals surface area contributed by atoms with Gasteiger partial charge in [-0.2, -0.15) is 0 Å². The first-order valence-corrected chi connectivity index (χ1v) is 7.68. The predicted molar refractivity (Wildman–Crippen MR) is 81.3 cm³/mol. The van der Waals surface area contributed by atoms with Crippen LogP contribution in [-0.4, -0.2) is 32.8 Å². The minimum absolute atomic E-state index is 0.778. The van der Waals surface area contributed by atoms with Gasteiger partial charge in [-0.3, -0.25) is 4.99 Å². The lowest BCUT2D eigenvalue weighted by Gasteiger charge is -2.10. The zero-order valence-electron chi connectivity index (χ0n) is 10.8. The summed E-state index contributed by atoms with van der Waals surface area (Å²) in [5, 5.41) is 8.61. The summed E-state index contributed by atoms with van der Waals surface area (Å²) in [5.74, 6) is 0.830. The van der Waals surface area contributed by atoms with Crippen LogP contribution in [0.5, 0.6) is 0 Å². The van der Waals surface area contributed by atoms with Gasteiger partial charge in [-0.25, -0.2) is 0 Å². The van der Waals surface area contributed by atoms with Crippen LogP contribution in [-0.2, 0) is 11.3 Å². The average Bonchev–Trinajstić information content (AvgIpc) is 2.78. The van der Waals surface area contributed by atoms with Gasteiger partial charge in [0.1, 0.15) is 0 Å². The van der Waals surface area contributed by atoms with Crippen molar-refractivity contribution in [2.75, 3.05) is 26.8 Å². The summed E-state index contributed by atoms with van der Waals surface area (Å²) < 4.78 is 6.41. The van der Waals surface area contributed by atoms with E-state index in [1.54, 1.807) is 18.4 Å². The van der Waals surface area contributed by atoms with Gasteiger partial charge in [0, 0.05) is 41.5 Å². The standard InChI is InChI=1S/C12H20BrN3OS/c1-3-17-6-4-5-15-12(14-2)16-8-11-7-10(13)9-18-11/h7,9H,3-6,8H2,1-2H3,(H2,14,15,16). The molecular formula is C12H20BrN3OS. The monoisotopic (exact) mass is 333 g/mol. The number of ether oxygens (including phenoxy) is 1. The van der Waals surface area contributed by atoms with E-state index in [0.29, 0.717) is 0 Å². The van der Waals surface area contributed by atoms with Crippen LogP contribution in [0.3, 0.4) is 0 Å². The summed E-state index contributed by atoms with van der Waals surface area (Å²) in [5.41, 5.74) is 0. The maximum Gasteiger partial charge on any atom is 0.191 e. The summed E-state index contributed by atoms with van der Waals surface area (Å²) in [4.78, 5) is 5.45. The van der Waals surface area contributed by atoms with Crippen molar-refractivity contribution in [2.24, 2.45) is 4.99 Å². The van der Waals surface area contributed by atoms with Gasteiger partial charge in [0.2, 0.25) is 0 Å². The summed E-state index contributed by atoms with van der Waals surface area (Å²) in [6.45, 7) is 5.24. The van der Waals surface area contributed by atoms with E-state index in [2.05, 4.69) is 43.0 Å². The highest BCUT2D eigenvalue weighted by Gasteiger charge is 2.00. The number of nitrogens with one attached hydrogen (secondary N) is 2. The number of hydrogen-bond donors (Lipinski definition) is 2. The van der Waals surface area contributed by atoms with Gasteiger partial charge >= 0.3 is 0 Å². The molecule has 4 nitrogen and oxygen atoms in total. The first-order valence-electron chi connectivity index (χ1n) is 6.01. The molecule has 0 fully saturated rings. The Balaban J connectivity index is 2.18. The molecule has 0 bridgehead atoms. The molecule has 1 rings (SSSR count). The first kappa shape index (κ1) is 15.5. The van der Waals surface area contributed by atoms with Gasteiger partial charge in [0.15, 0.2) is 5.96 Å². The van der Waals surface area contributed by atoms with Crippen molar-refractivity contribution in [3.05, 3.63) is 20.8 Å². The molecule has 0 spiro atoms. The van der Waals surface area contributed by atoms with Gasteiger partial charge in [-0.1, -0.05) is 0 Å². The Hall–Kier alpha value is -0.590. The van der Waals surface area contributed by atoms with Crippen LogP contribution in [0.15, 0.2) is 20.9 Å². The lowest BCUT2D eigenvalue weighted by atomic mass is 10.4. The molecule has 0 atom stereocenters. The van der Waals surface area contributed by atoms with Crippen LogP contribution in [0.1, 0.15) is 18.2 Å². The second kappa shape index (κ2) is 9.35. The van der Waals surface area contributed by atoms with E-state index in [1.807, 2.05) is 6.92 Å². The molecule has 0 aliphatic carbocycles. The molecule has 0 aliphatic heterocycles. The average molecular weight is 334 g/mol. The van der Waals surface area contributed by atoms with Crippen LogP contribution in [0.2, 0.25) is 0 Å². The van der Waals surface area contributed by atoms with Gasteiger partial charge in [0.05, 0.1) is 6.54 Å². The number of aliphatic imine (C=N–C) groups is 1. The van der Waals surface area contributed by atoms with Crippen molar-refractivity contribution >= 4 is 33.2 Å². The van der Waals surface area contributed by atoms with E-state index in [1.165, 1.54) is 4.88 Å². The molecule has 6 heteroatoms. The zero-order valence-corrected chi connectivity index (χ0v) is 13.2. The number of guanidine groups is 1. The lowest BCUT2D eigenvalue weighted by Crippen LogP contribution is -2.37. The molecule has 0 amide bonds. The molecule has 18 heavy (non-hydrogen) atoms. The van der Waals surface area contributed by atoms with Crippen LogP contribution in [0.4, 0.5) is 0 Å². The van der Waals surface area contributed by atoms with Crippen LogP contribution in [0.25, 0.3) is 0 Å². The van der Waals surface area contributed by atoms with E-state index in [9.17, 15) is 0 Å². The normalized spacial score (nSPS) is 11.6. The maximum atomic E-state index is 5.28. The fourth-order valence-electron chi connectivity index (χ4n) is 1.36.